The van der Waals surface area contributed by atoms with Gasteiger partial charge in [-0.05, 0) is 32.9 Å². The van der Waals surface area contributed by atoms with Gasteiger partial charge in [0.05, 0.1) is 17.3 Å². The van der Waals surface area contributed by atoms with Crippen LogP contribution in [0.4, 0.5) is 0 Å². The quantitative estimate of drug-likeness (QED) is 0.409. The summed E-state index contributed by atoms with van der Waals surface area (Å²) in [6, 6.07) is 9.88. The molecule has 2 aromatic rings. The first-order valence-corrected chi connectivity index (χ1v) is 9.63. The van der Waals surface area contributed by atoms with E-state index in [1.54, 1.807) is 11.3 Å². The molecule has 6 heteroatoms. The maximum atomic E-state index is 5.68. The van der Waals surface area contributed by atoms with Crippen molar-refractivity contribution >= 4 is 17.3 Å². The minimum atomic E-state index is 0.671. The molecule has 0 saturated carbocycles. The molecule has 5 nitrogen and oxygen atoms in total. The minimum Gasteiger partial charge on any atom is -0.494 e. The highest BCUT2D eigenvalue weighted by molar-refractivity contribution is 7.11. The predicted molar refractivity (Wildman–Crippen MR) is 106 cm³/mol. The zero-order chi connectivity index (χ0) is 17.9. The Bertz CT molecular complexity index is 635. The molecule has 0 aliphatic heterocycles. The first-order chi connectivity index (χ1) is 12.2. The predicted octanol–water partition coefficient (Wildman–Crippen LogP) is 3.33. The van der Waals surface area contributed by atoms with Crippen LogP contribution in [0.2, 0.25) is 0 Å². The van der Waals surface area contributed by atoms with Gasteiger partial charge in [0.15, 0.2) is 5.96 Å². The number of hydrogen-bond acceptors (Lipinski definition) is 4. The van der Waals surface area contributed by atoms with E-state index in [0.717, 1.165) is 49.9 Å². The molecule has 0 aliphatic rings. The summed E-state index contributed by atoms with van der Waals surface area (Å²) in [4.78, 5) is 10.5. The van der Waals surface area contributed by atoms with Crippen LogP contribution in [0.25, 0.3) is 0 Å². The molecule has 1 aromatic heterocycles. The Hall–Kier alpha value is -2.08. The van der Waals surface area contributed by atoms with Gasteiger partial charge in [0, 0.05) is 37.4 Å². The molecule has 0 bridgehead atoms. The van der Waals surface area contributed by atoms with Crippen molar-refractivity contribution in [2.75, 3.05) is 26.2 Å². The molecule has 25 heavy (non-hydrogen) atoms. The molecule has 0 fully saturated rings. The number of nitrogens with one attached hydrogen (secondary N) is 2. The molecule has 0 amide bonds. The zero-order valence-corrected chi connectivity index (χ0v) is 16.2. The molecular formula is C19H28N4OS. The zero-order valence-electron chi connectivity index (χ0n) is 15.3. The van der Waals surface area contributed by atoms with E-state index in [2.05, 4.69) is 41.4 Å². The van der Waals surface area contributed by atoms with Crippen LogP contribution in [-0.4, -0.2) is 37.2 Å². The first-order valence-electron chi connectivity index (χ1n) is 8.82. The van der Waals surface area contributed by atoms with E-state index in [4.69, 9.17) is 4.74 Å². The normalized spacial score (nSPS) is 11.4. The number of aromatic nitrogens is 1. The van der Waals surface area contributed by atoms with Gasteiger partial charge in [0.1, 0.15) is 5.75 Å². The Morgan fingerprint density at radius 2 is 2.00 bits per heavy atom. The molecule has 0 unspecified atom stereocenters. The molecule has 2 rings (SSSR count). The maximum Gasteiger partial charge on any atom is 0.191 e. The molecule has 1 aromatic carbocycles. The number of ether oxygens (including phenoxy) is 1. The average molecular weight is 361 g/mol. The van der Waals surface area contributed by atoms with Crippen molar-refractivity contribution < 1.29 is 4.74 Å². The molecule has 0 atom stereocenters. The number of guanidine groups is 1. The van der Waals surface area contributed by atoms with Crippen molar-refractivity contribution in [3.8, 4) is 5.75 Å². The second-order valence-corrected chi connectivity index (χ2v) is 6.99. The lowest BCUT2D eigenvalue weighted by molar-refractivity contribution is 0.313. The van der Waals surface area contributed by atoms with Gasteiger partial charge in [-0.25, -0.2) is 4.98 Å². The largest absolute Gasteiger partial charge is 0.494 e. The van der Waals surface area contributed by atoms with Crippen LogP contribution in [0, 0.1) is 13.8 Å². The number of benzene rings is 1. The highest BCUT2D eigenvalue weighted by atomic mass is 32.1. The van der Waals surface area contributed by atoms with Gasteiger partial charge in [-0.15, -0.1) is 11.3 Å². The third-order valence-corrected chi connectivity index (χ3v) is 4.77. The summed E-state index contributed by atoms with van der Waals surface area (Å²) in [6.07, 6.45) is 1.80. The van der Waals surface area contributed by atoms with Gasteiger partial charge in [-0.1, -0.05) is 18.2 Å². The Labute approximate surface area is 154 Å². The first kappa shape index (κ1) is 19.2. The Morgan fingerprint density at radius 1 is 1.20 bits per heavy atom. The maximum absolute atomic E-state index is 5.68. The highest BCUT2D eigenvalue weighted by Gasteiger charge is 2.04. The van der Waals surface area contributed by atoms with Gasteiger partial charge in [-0.2, -0.15) is 0 Å². The highest BCUT2D eigenvalue weighted by Crippen LogP contribution is 2.16. The second-order valence-electron chi connectivity index (χ2n) is 5.70. The summed E-state index contributed by atoms with van der Waals surface area (Å²) in [5.41, 5.74) is 1.14. The van der Waals surface area contributed by atoms with E-state index in [1.165, 1.54) is 9.88 Å². The summed E-state index contributed by atoms with van der Waals surface area (Å²) in [6.45, 7) is 9.34. The van der Waals surface area contributed by atoms with Crippen molar-refractivity contribution in [2.45, 2.75) is 33.6 Å². The van der Waals surface area contributed by atoms with Gasteiger partial charge >= 0.3 is 0 Å². The van der Waals surface area contributed by atoms with Gasteiger partial charge in [-0.3, -0.25) is 4.99 Å². The minimum absolute atomic E-state index is 0.671. The van der Waals surface area contributed by atoms with Crippen LogP contribution < -0.4 is 15.4 Å². The standard InChI is InChI=1S/C19H28N4OS/c1-4-20-19(22-13-11-18-23-15(2)16(3)25-18)21-12-8-14-24-17-9-6-5-7-10-17/h5-7,9-10H,4,8,11-14H2,1-3H3,(H2,20,21,22). The summed E-state index contributed by atoms with van der Waals surface area (Å²) < 4.78 is 5.68. The average Bonchev–Trinajstić information content (AvgIpc) is 2.93. The van der Waals surface area contributed by atoms with Crippen LogP contribution in [0.1, 0.15) is 28.9 Å². The monoisotopic (exact) mass is 360 g/mol. The summed E-state index contributed by atoms with van der Waals surface area (Å²) >= 11 is 1.77. The third-order valence-electron chi connectivity index (χ3n) is 3.63. The lowest BCUT2D eigenvalue weighted by atomic mass is 10.3. The molecular weight excluding hydrogens is 332 g/mol. The van der Waals surface area contributed by atoms with E-state index in [9.17, 15) is 0 Å². The van der Waals surface area contributed by atoms with Crippen LogP contribution >= 0.6 is 11.3 Å². The number of rotatable bonds is 9. The van der Waals surface area contributed by atoms with E-state index in [-0.39, 0.29) is 0 Å². The van der Waals surface area contributed by atoms with Crippen molar-refractivity contribution in [1.29, 1.82) is 0 Å². The molecule has 0 aliphatic carbocycles. The van der Waals surface area contributed by atoms with Crippen molar-refractivity contribution in [3.63, 3.8) is 0 Å². The van der Waals surface area contributed by atoms with E-state index in [1.807, 2.05) is 30.3 Å². The Kier molecular flexibility index (Phi) is 8.25. The van der Waals surface area contributed by atoms with Crippen LogP contribution in [0.5, 0.6) is 5.75 Å². The van der Waals surface area contributed by atoms with E-state index < -0.39 is 0 Å². The fourth-order valence-electron chi connectivity index (χ4n) is 2.24. The number of hydrogen-bond donors (Lipinski definition) is 2. The van der Waals surface area contributed by atoms with Gasteiger partial charge in [0.2, 0.25) is 0 Å². The van der Waals surface area contributed by atoms with Gasteiger partial charge in [0.25, 0.3) is 0 Å². The lowest BCUT2D eigenvalue weighted by Crippen LogP contribution is -2.38. The SMILES string of the molecule is CCNC(=NCCCOc1ccccc1)NCCc1nc(C)c(C)s1. The number of aliphatic imine (C=N–C) groups is 1. The van der Waals surface area contributed by atoms with E-state index in [0.29, 0.717) is 6.61 Å². The molecule has 0 spiro atoms. The van der Waals surface area contributed by atoms with Crippen molar-refractivity contribution in [2.24, 2.45) is 4.99 Å². The van der Waals surface area contributed by atoms with Gasteiger partial charge < -0.3 is 15.4 Å². The molecule has 2 N–H and O–H groups in total. The number of thiazole rings is 1. The third kappa shape index (κ3) is 7.13. The van der Waals surface area contributed by atoms with Crippen LogP contribution in [0.3, 0.4) is 0 Å². The lowest BCUT2D eigenvalue weighted by Gasteiger charge is -2.10. The van der Waals surface area contributed by atoms with Crippen molar-refractivity contribution in [1.82, 2.24) is 15.6 Å². The molecule has 0 radical (unpaired) electrons. The summed E-state index contributed by atoms with van der Waals surface area (Å²) in [7, 11) is 0. The molecule has 136 valence electrons. The Morgan fingerprint density at radius 3 is 2.68 bits per heavy atom. The van der Waals surface area contributed by atoms with Crippen LogP contribution in [0.15, 0.2) is 35.3 Å². The Balaban J connectivity index is 1.68. The van der Waals surface area contributed by atoms with Crippen molar-refractivity contribution in [3.05, 3.63) is 45.9 Å². The van der Waals surface area contributed by atoms with E-state index >= 15 is 0 Å². The topological polar surface area (TPSA) is 58.5 Å². The number of nitrogens with zero attached hydrogens (tertiary/aromatic N) is 2. The molecule has 0 saturated heterocycles. The molecule has 1 heterocycles. The second kappa shape index (κ2) is 10.7. The fourth-order valence-corrected chi connectivity index (χ4v) is 3.17. The van der Waals surface area contributed by atoms with Crippen LogP contribution in [-0.2, 0) is 6.42 Å². The number of para-hydroxylation sites is 1. The number of aryl methyl sites for hydroxylation is 2. The smallest absolute Gasteiger partial charge is 0.191 e. The summed E-state index contributed by atoms with van der Waals surface area (Å²) in [5.74, 6) is 1.76. The summed E-state index contributed by atoms with van der Waals surface area (Å²) in [5, 5.41) is 7.82. The fraction of sp³-hybridized carbons (Fsp3) is 0.474.